The maximum absolute atomic E-state index is 12.4. The second-order valence-corrected chi connectivity index (χ2v) is 6.06. The number of rotatable bonds is 4. The molecule has 2 fully saturated rings. The van der Waals surface area contributed by atoms with Gasteiger partial charge in [0.2, 0.25) is 0 Å². The van der Waals surface area contributed by atoms with Gasteiger partial charge < -0.3 is 4.90 Å². The van der Waals surface area contributed by atoms with Crippen LogP contribution in [0.4, 0.5) is 0 Å². The summed E-state index contributed by atoms with van der Waals surface area (Å²) in [6.45, 7) is 0.968. The van der Waals surface area contributed by atoms with E-state index in [0.717, 1.165) is 22.5 Å². The maximum atomic E-state index is 12.4. The molecule has 17 heavy (non-hydrogen) atoms. The Labute approximate surface area is 110 Å². The van der Waals surface area contributed by atoms with E-state index >= 15 is 0 Å². The molecule has 1 aromatic carbocycles. The molecule has 0 heterocycles. The fourth-order valence-corrected chi connectivity index (χ4v) is 2.55. The predicted octanol–water partition coefficient (Wildman–Crippen LogP) is 3.46. The SMILES string of the molecule is O=C(c1cccc(Br)c1)N(CC1CC1)C1CC1. The lowest BCUT2D eigenvalue weighted by atomic mass is 10.2. The molecule has 1 amide bonds. The summed E-state index contributed by atoms with van der Waals surface area (Å²) in [5.41, 5.74) is 0.812. The van der Waals surface area contributed by atoms with E-state index < -0.39 is 0 Å². The summed E-state index contributed by atoms with van der Waals surface area (Å²) in [6.07, 6.45) is 4.98. The Bertz CT molecular complexity index is 438. The monoisotopic (exact) mass is 293 g/mol. The van der Waals surface area contributed by atoms with Gasteiger partial charge >= 0.3 is 0 Å². The third-order valence-corrected chi connectivity index (χ3v) is 3.97. The van der Waals surface area contributed by atoms with E-state index in [1.54, 1.807) is 0 Å². The van der Waals surface area contributed by atoms with Crippen molar-refractivity contribution in [2.24, 2.45) is 5.92 Å². The molecule has 2 aliphatic rings. The third kappa shape index (κ3) is 2.71. The zero-order valence-corrected chi connectivity index (χ0v) is 11.3. The van der Waals surface area contributed by atoms with Gasteiger partial charge in [-0.05, 0) is 49.8 Å². The van der Waals surface area contributed by atoms with Crippen molar-refractivity contribution in [1.29, 1.82) is 0 Å². The average molecular weight is 294 g/mol. The number of carbonyl (C=O) groups is 1. The Morgan fingerprint density at radius 3 is 2.65 bits per heavy atom. The van der Waals surface area contributed by atoms with Crippen LogP contribution in [-0.2, 0) is 0 Å². The van der Waals surface area contributed by atoms with Gasteiger partial charge in [-0.25, -0.2) is 0 Å². The largest absolute Gasteiger partial charge is 0.335 e. The van der Waals surface area contributed by atoms with Crippen LogP contribution in [0, 0.1) is 5.92 Å². The number of hydrogen-bond acceptors (Lipinski definition) is 1. The molecule has 90 valence electrons. The highest BCUT2D eigenvalue weighted by Crippen LogP contribution is 2.35. The summed E-state index contributed by atoms with van der Waals surface area (Å²) in [7, 11) is 0. The minimum Gasteiger partial charge on any atom is -0.335 e. The van der Waals surface area contributed by atoms with Crippen molar-refractivity contribution in [2.75, 3.05) is 6.54 Å². The summed E-state index contributed by atoms with van der Waals surface area (Å²) < 4.78 is 0.977. The number of carbonyl (C=O) groups excluding carboxylic acids is 1. The molecule has 0 aromatic heterocycles. The van der Waals surface area contributed by atoms with Crippen LogP contribution in [-0.4, -0.2) is 23.4 Å². The molecule has 0 saturated heterocycles. The highest BCUT2D eigenvalue weighted by atomic mass is 79.9. The molecular weight excluding hydrogens is 278 g/mol. The van der Waals surface area contributed by atoms with Gasteiger partial charge in [0, 0.05) is 22.6 Å². The van der Waals surface area contributed by atoms with Gasteiger partial charge in [-0.1, -0.05) is 22.0 Å². The standard InChI is InChI=1S/C14H16BrNO/c15-12-3-1-2-11(8-12)14(17)16(13-6-7-13)9-10-4-5-10/h1-3,8,10,13H,4-7,9H2. The molecule has 0 radical (unpaired) electrons. The quantitative estimate of drug-likeness (QED) is 0.832. The summed E-state index contributed by atoms with van der Waals surface area (Å²) in [4.78, 5) is 14.5. The molecule has 3 rings (SSSR count). The second kappa shape index (κ2) is 4.45. The zero-order chi connectivity index (χ0) is 11.8. The number of amides is 1. The van der Waals surface area contributed by atoms with Crippen molar-refractivity contribution >= 4 is 21.8 Å². The first-order valence-electron chi connectivity index (χ1n) is 6.30. The van der Waals surface area contributed by atoms with Crippen LogP contribution in [0.5, 0.6) is 0 Å². The normalized spacial score (nSPS) is 19.1. The summed E-state index contributed by atoms with van der Waals surface area (Å²) in [5.74, 6) is 0.979. The lowest BCUT2D eigenvalue weighted by molar-refractivity contribution is 0.0734. The summed E-state index contributed by atoms with van der Waals surface area (Å²) >= 11 is 3.42. The highest BCUT2D eigenvalue weighted by molar-refractivity contribution is 9.10. The Balaban J connectivity index is 1.77. The summed E-state index contributed by atoms with van der Waals surface area (Å²) in [6, 6.07) is 8.24. The van der Waals surface area contributed by atoms with E-state index in [-0.39, 0.29) is 5.91 Å². The van der Waals surface area contributed by atoms with Gasteiger partial charge in [0.25, 0.3) is 5.91 Å². The number of hydrogen-bond donors (Lipinski definition) is 0. The first-order valence-corrected chi connectivity index (χ1v) is 7.10. The molecule has 0 atom stereocenters. The molecule has 0 spiro atoms. The van der Waals surface area contributed by atoms with Crippen molar-refractivity contribution in [1.82, 2.24) is 4.90 Å². The van der Waals surface area contributed by atoms with Crippen LogP contribution >= 0.6 is 15.9 Å². The van der Waals surface area contributed by atoms with Gasteiger partial charge in [0.05, 0.1) is 0 Å². The number of nitrogens with zero attached hydrogens (tertiary/aromatic N) is 1. The van der Waals surface area contributed by atoms with Crippen LogP contribution in [0.15, 0.2) is 28.7 Å². The Morgan fingerprint density at radius 1 is 1.29 bits per heavy atom. The lowest BCUT2D eigenvalue weighted by Crippen LogP contribution is -2.34. The molecule has 2 saturated carbocycles. The van der Waals surface area contributed by atoms with Crippen LogP contribution in [0.25, 0.3) is 0 Å². The van der Waals surface area contributed by atoms with E-state index in [9.17, 15) is 4.79 Å². The topological polar surface area (TPSA) is 20.3 Å². The van der Waals surface area contributed by atoms with Gasteiger partial charge in [0.15, 0.2) is 0 Å². The predicted molar refractivity (Wildman–Crippen MR) is 70.9 cm³/mol. The molecule has 0 bridgehead atoms. The minimum absolute atomic E-state index is 0.209. The van der Waals surface area contributed by atoms with Gasteiger partial charge in [-0.2, -0.15) is 0 Å². The van der Waals surface area contributed by atoms with Crippen molar-refractivity contribution in [3.05, 3.63) is 34.3 Å². The van der Waals surface area contributed by atoms with Crippen molar-refractivity contribution in [3.63, 3.8) is 0 Å². The minimum atomic E-state index is 0.209. The molecule has 1 aromatic rings. The van der Waals surface area contributed by atoms with Crippen LogP contribution in [0.2, 0.25) is 0 Å². The zero-order valence-electron chi connectivity index (χ0n) is 9.73. The summed E-state index contributed by atoms with van der Waals surface area (Å²) in [5, 5.41) is 0. The van der Waals surface area contributed by atoms with Crippen LogP contribution < -0.4 is 0 Å². The van der Waals surface area contributed by atoms with Gasteiger partial charge in [0.1, 0.15) is 0 Å². The molecule has 2 aliphatic carbocycles. The molecule has 2 nitrogen and oxygen atoms in total. The first kappa shape index (κ1) is 11.3. The molecular formula is C14H16BrNO. The highest BCUT2D eigenvalue weighted by Gasteiger charge is 2.36. The Kier molecular flexibility index (Phi) is 2.95. The van der Waals surface area contributed by atoms with Crippen molar-refractivity contribution < 1.29 is 4.79 Å². The molecule has 0 aliphatic heterocycles. The number of benzene rings is 1. The first-order chi connectivity index (χ1) is 8.24. The Hall–Kier alpha value is -0.830. The van der Waals surface area contributed by atoms with Gasteiger partial charge in [-0.15, -0.1) is 0 Å². The van der Waals surface area contributed by atoms with Crippen LogP contribution in [0.3, 0.4) is 0 Å². The van der Waals surface area contributed by atoms with Crippen molar-refractivity contribution in [2.45, 2.75) is 31.7 Å². The fourth-order valence-electron chi connectivity index (χ4n) is 2.15. The molecule has 0 unspecified atom stereocenters. The van der Waals surface area contributed by atoms with Gasteiger partial charge in [-0.3, -0.25) is 4.79 Å². The van der Waals surface area contributed by atoms with E-state index in [4.69, 9.17) is 0 Å². The molecule has 3 heteroatoms. The fraction of sp³-hybridized carbons (Fsp3) is 0.500. The third-order valence-electron chi connectivity index (χ3n) is 3.47. The van der Waals surface area contributed by atoms with E-state index in [1.807, 2.05) is 24.3 Å². The number of halogens is 1. The maximum Gasteiger partial charge on any atom is 0.254 e. The van der Waals surface area contributed by atoms with Crippen LogP contribution in [0.1, 0.15) is 36.0 Å². The molecule has 0 N–H and O–H groups in total. The smallest absolute Gasteiger partial charge is 0.254 e. The van der Waals surface area contributed by atoms with Crippen molar-refractivity contribution in [3.8, 4) is 0 Å². The average Bonchev–Trinajstić information content (AvgIpc) is 3.16. The van der Waals surface area contributed by atoms with E-state index in [1.165, 1.54) is 25.7 Å². The lowest BCUT2D eigenvalue weighted by Gasteiger charge is -2.22. The van der Waals surface area contributed by atoms with E-state index in [2.05, 4.69) is 20.8 Å². The Morgan fingerprint density at radius 2 is 2.06 bits per heavy atom. The van der Waals surface area contributed by atoms with E-state index in [0.29, 0.717) is 6.04 Å². The second-order valence-electron chi connectivity index (χ2n) is 5.14.